The molecule has 0 radical (unpaired) electrons. The lowest BCUT2D eigenvalue weighted by atomic mass is 10.2. The third-order valence-corrected chi connectivity index (χ3v) is 2.18. The number of alkyl halides is 2. The molecule has 1 saturated heterocycles. The molecule has 0 bridgehead atoms. The lowest BCUT2D eigenvalue weighted by Crippen LogP contribution is -2.49. The standard InChI is InChI=1S/C9H17F2NO/c1-3-4-12-5-7(2)13-8(6-12)9(10)11/h7-9H,3-6H2,1-2H3/t7-,8?/m1/s1. The lowest BCUT2D eigenvalue weighted by molar-refractivity contribution is -0.135. The van der Waals surface area contributed by atoms with E-state index in [1.54, 1.807) is 0 Å². The first-order valence-electron chi connectivity index (χ1n) is 4.79. The van der Waals surface area contributed by atoms with Crippen LogP contribution in [0.15, 0.2) is 0 Å². The number of ether oxygens (including phenoxy) is 1. The summed E-state index contributed by atoms with van der Waals surface area (Å²) in [7, 11) is 0. The van der Waals surface area contributed by atoms with Gasteiger partial charge >= 0.3 is 0 Å². The Bertz CT molecular complexity index is 155. The molecule has 1 unspecified atom stereocenters. The normalized spacial score (nSPS) is 31.2. The van der Waals surface area contributed by atoms with Crippen LogP contribution < -0.4 is 0 Å². The molecule has 1 heterocycles. The fourth-order valence-corrected chi connectivity index (χ4v) is 1.71. The molecule has 1 rings (SSSR count). The number of rotatable bonds is 3. The van der Waals surface area contributed by atoms with Crippen molar-refractivity contribution in [3.63, 3.8) is 0 Å². The maximum Gasteiger partial charge on any atom is 0.265 e. The van der Waals surface area contributed by atoms with E-state index in [0.29, 0.717) is 6.54 Å². The smallest absolute Gasteiger partial charge is 0.265 e. The molecule has 0 spiro atoms. The minimum absolute atomic E-state index is 0.0701. The van der Waals surface area contributed by atoms with E-state index in [1.807, 2.05) is 11.8 Å². The van der Waals surface area contributed by atoms with E-state index in [4.69, 9.17) is 4.74 Å². The third-order valence-electron chi connectivity index (χ3n) is 2.18. The third kappa shape index (κ3) is 3.19. The molecule has 0 aromatic rings. The van der Waals surface area contributed by atoms with Crippen molar-refractivity contribution in [3.05, 3.63) is 0 Å². The summed E-state index contributed by atoms with van der Waals surface area (Å²) < 4.78 is 29.8. The summed E-state index contributed by atoms with van der Waals surface area (Å²) in [4.78, 5) is 2.05. The van der Waals surface area contributed by atoms with Crippen LogP contribution in [0.2, 0.25) is 0 Å². The van der Waals surface area contributed by atoms with Crippen LogP contribution in [-0.2, 0) is 4.74 Å². The van der Waals surface area contributed by atoms with Gasteiger partial charge in [-0.3, -0.25) is 4.90 Å². The van der Waals surface area contributed by atoms with Gasteiger partial charge in [-0.1, -0.05) is 6.92 Å². The van der Waals surface area contributed by atoms with Gasteiger partial charge in [-0.05, 0) is 19.9 Å². The molecule has 1 fully saturated rings. The van der Waals surface area contributed by atoms with Crippen molar-refractivity contribution in [3.8, 4) is 0 Å². The zero-order valence-electron chi connectivity index (χ0n) is 8.17. The van der Waals surface area contributed by atoms with Gasteiger partial charge < -0.3 is 4.74 Å². The van der Waals surface area contributed by atoms with Gasteiger partial charge in [-0.25, -0.2) is 8.78 Å². The summed E-state index contributed by atoms with van der Waals surface area (Å²) in [5, 5.41) is 0. The van der Waals surface area contributed by atoms with Gasteiger partial charge in [0.25, 0.3) is 6.43 Å². The zero-order valence-corrected chi connectivity index (χ0v) is 8.17. The van der Waals surface area contributed by atoms with Crippen LogP contribution in [0.5, 0.6) is 0 Å². The highest BCUT2D eigenvalue weighted by molar-refractivity contribution is 4.76. The topological polar surface area (TPSA) is 12.5 Å². The van der Waals surface area contributed by atoms with Gasteiger partial charge in [-0.15, -0.1) is 0 Å². The van der Waals surface area contributed by atoms with Gasteiger partial charge in [-0.2, -0.15) is 0 Å². The first-order valence-corrected chi connectivity index (χ1v) is 4.79. The largest absolute Gasteiger partial charge is 0.367 e. The summed E-state index contributed by atoms with van der Waals surface area (Å²) in [6, 6.07) is 0. The van der Waals surface area contributed by atoms with Crippen LogP contribution in [0.25, 0.3) is 0 Å². The van der Waals surface area contributed by atoms with Crippen LogP contribution in [-0.4, -0.2) is 43.2 Å². The monoisotopic (exact) mass is 193 g/mol. The zero-order chi connectivity index (χ0) is 9.84. The summed E-state index contributed by atoms with van der Waals surface area (Å²) in [5.74, 6) is 0. The molecule has 2 nitrogen and oxygen atoms in total. The van der Waals surface area contributed by atoms with Gasteiger partial charge in [0.1, 0.15) is 6.10 Å². The highest BCUT2D eigenvalue weighted by atomic mass is 19.3. The second-order valence-corrected chi connectivity index (χ2v) is 3.58. The van der Waals surface area contributed by atoms with Crippen molar-refractivity contribution in [1.82, 2.24) is 4.90 Å². The molecule has 0 N–H and O–H groups in total. The maximum atomic E-state index is 12.4. The Morgan fingerprint density at radius 3 is 2.69 bits per heavy atom. The van der Waals surface area contributed by atoms with Crippen molar-refractivity contribution < 1.29 is 13.5 Å². The fourth-order valence-electron chi connectivity index (χ4n) is 1.71. The van der Waals surface area contributed by atoms with Gasteiger partial charge in [0.2, 0.25) is 0 Å². The first kappa shape index (κ1) is 10.9. The Balaban J connectivity index is 2.42. The van der Waals surface area contributed by atoms with E-state index in [1.165, 1.54) is 0 Å². The van der Waals surface area contributed by atoms with E-state index in [2.05, 4.69) is 6.92 Å². The molecule has 0 aliphatic carbocycles. The number of morpholine rings is 1. The molecular weight excluding hydrogens is 176 g/mol. The van der Waals surface area contributed by atoms with Gasteiger partial charge in [0.05, 0.1) is 6.10 Å². The molecule has 13 heavy (non-hydrogen) atoms. The number of hydrogen-bond acceptors (Lipinski definition) is 2. The molecule has 2 atom stereocenters. The van der Waals surface area contributed by atoms with Crippen molar-refractivity contribution >= 4 is 0 Å². The molecule has 0 aromatic heterocycles. The van der Waals surface area contributed by atoms with E-state index in [9.17, 15) is 8.78 Å². The van der Waals surface area contributed by atoms with Crippen LogP contribution >= 0.6 is 0 Å². The molecule has 0 aromatic carbocycles. The van der Waals surface area contributed by atoms with Gasteiger partial charge in [0, 0.05) is 13.1 Å². The van der Waals surface area contributed by atoms with Crippen LogP contribution in [0.1, 0.15) is 20.3 Å². The highest BCUT2D eigenvalue weighted by Gasteiger charge is 2.30. The van der Waals surface area contributed by atoms with Crippen molar-refractivity contribution in [2.24, 2.45) is 0 Å². The first-order chi connectivity index (χ1) is 6.13. The average molecular weight is 193 g/mol. The fraction of sp³-hybridized carbons (Fsp3) is 1.00. The van der Waals surface area contributed by atoms with Gasteiger partial charge in [0.15, 0.2) is 0 Å². The van der Waals surface area contributed by atoms with Crippen LogP contribution in [0, 0.1) is 0 Å². The molecule has 0 amide bonds. The predicted molar refractivity (Wildman–Crippen MR) is 47.1 cm³/mol. The molecular formula is C9H17F2NO. The highest BCUT2D eigenvalue weighted by Crippen LogP contribution is 2.16. The van der Waals surface area contributed by atoms with Crippen molar-refractivity contribution in [2.75, 3.05) is 19.6 Å². The minimum Gasteiger partial charge on any atom is -0.367 e. The van der Waals surface area contributed by atoms with Crippen LogP contribution in [0.4, 0.5) is 8.78 Å². The molecule has 1 aliphatic rings. The van der Waals surface area contributed by atoms with Crippen LogP contribution in [0.3, 0.4) is 0 Å². The Labute approximate surface area is 77.9 Å². The lowest BCUT2D eigenvalue weighted by Gasteiger charge is -2.36. The molecule has 1 aliphatic heterocycles. The summed E-state index contributed by atoms with van der Waals surface area (Å²) in [5.41, 5.74) is 0. The Hall–Kier alpha value is -0.220. The van der Waals surface area contributed by atoms with E-state index in [-0.39, 0.29) is 6.10 Å². The quantitative estimate of drug-likeness (QED) is 0.677. The predicted octanol–water partition coefficient (Wildman–Crippen LogP) is 1.75. The van der Waals surface area contributed by atoms with E-state index >= 15 is 0 Å². The Kier molecular flexibility index (Phi) is 4.06. The average Bonchev–Trinajstić information content (AvgIpc) is 2.03. The molecule has 0 saturated carbocycles. The van der Waals surface area contributed by atoms with Crippen molar-refractivity contribution in [1.29, 1.82) is 0 Å². The van der Waals surface area contributed by atoms with E-state index in [0.717, 1.165) is 19.5 Å². The van der Waals surface area contributed by atoms with E-state index < -0.39 is 12.5 Å². The Morgan fingerprint density at radius 1 is 1.46 bits per heavy atom. The second-order valence-electron chi connectivity index (χ2n) is 3.58. The summed E-state index contributed by atoms with van der Waals surface area (Å²) >= 11 is 0. The second kappa shape index (κ2) is 4.86. The molecule has 78 valence electrons. The minimum atomic E-state index is -2.36. The summed E-state index contributed by atoms with van der Waals surface area (Å²) in [6.07, 6.45) is -2.32. The maximum absolute atomic E-state index is 12.4. The number of nitrogens with zero attached hydrogens (tertiary/aromatic N) is 1. The summed E-state index contributed by atoms with van der Waals surface area (Å²) in [6.45, 7) is 5.93. The van der Waals surface area contributed by atoms with Crippen molar-refractivity contribution in [2.45, 2.75) is 38.9 Å². The Morgan fingerprint density at radius 2 is 2.15 bits per heavy atom. The number of hydrogen-bond donors (Lipinski definition) is 0. The number of halogens is 2. The SMILES string of the molecule is CCCN1CC(C(F)F)O[C@H](C)C1. The molecule has 4 heteroatoms.